The molecular weight excluding hydrogens is 64.1 g/mol. The van der Waals surface area contributed by atoms with E-state index in [0.29, 0.717) is 0 Å². The quantitative estimate of drug-likeness (QED) is 0.331. The molecule has 0 N–H and O–H groups in total. The van der Waals surface area contributed by atoms with E-state index in [1.54, 1.807) is 0 Å². The molecule has 0 fully saturated rings. The SMILES string of the molecule is [SiH2]=C1C=C1. The van der Waals surface area contributed by atoms with Gasteiger partial charge in [-0.25, -0.2) is 0 Å². The first-order valence-electron chi connectivity index (χ1n) is 1.26. The van der Waals surface area contributed by atoms with Crippen LogP contribution in [0.15, 0.2) is 12.2 Å². The Morgan fingerprint density at radius 3 is 1.75 bits per heavy atom. The molecule has 4 heavy (non-hydrogen) atoms. The van der Waals surface area contributed by atoms with Crippen molar-refractivity contribution in [2.24, 2.45) is 0 Å². The van der Waals surface area contributed by atoms with E-state index < -0.39 is 0 Å². The molecule has 0 aromatic rings. The minimum absolute atomic E-state index is 1.44. The van der Waals surface area contributed by atoms with E-state index in [-0.39, 0.29) is 0 Å². The van der Waals surface area contributed by atoms with Gasteiger partial charge in [-0.3, -0.25) is 0 Å². The Balaban J connectivity index is 2.80. The Bertz CT molecular complexity index is 63.4. The lowest BCUT2D eigenvalue weighted by Gasteiger charge is -1.39. The van der Waals surface area contributed by atoms with Gasteiger partial charge in [-0.1, -0.05) is 17.3 Å². The van der Waals surface area contributed by atoms with Gasteiger partial charge in [0.25, 0.3) is 0 Å². The first-order chi connectivity index (χ1) is 1.89. The molecule has 0 unspecified atom stereocenters. The molecule has 1 heteroatoms. The molecule has 0 aromatic carbocycles. The molecule has 1 aliphatic carbocycles. The summed E-state index contributed by atoms with van der Waals surface area (Å²) in [6, 6.07) is 0. The Kier molecular flexibility index (Phi) is 0.211. The number of hydrogen-bond donors (Lipinski definition) is 0. The van der Waals surface area contributed by atoms with Crippen molar-refractivity contribution in [3.05, 3.63) is 12.2 Å². The lowest BCUT2D eigenvalue weighted by Crippen LogP contribution is -1.54. The molecule has 0 amide bonds. The van der Waals surface area contributed by atoms with E-state index >= 15 is 0 Å². The second kappa shape index (κ2) is 0.405. The number of hydrogen-bond acceptors (Lipinski definition) is 0. The first-order valence-corrected chi connectivity index (χ1v) is 1.97. The minimum Gasteiger partial charge on any atom is -0.0602 e. The summed E-state index contributed by atoms with van der Waals surface area (Å²) in [7, 11) is 1.92. The molecule has 1 rings (SSSR count). The van der Waals surface area contributed by atoms with Gasteiger partial charge in [-0.05, 0) is 9.85 Å². The Labute approximate surface area is 28.2 Å². The first kappa shape index (κ1) is 2.09. The maximum atomic E-state index is 2.10. The van der Waals surface area contributed by atoms with Crippen LogP contribution >= 0.6 is 0 Å². The van der Waals surface area contributed by atoms with Crippen LogP contribution in [0.1, 0.15) is 0 Å². The molecule has 0 spiro atoms. The van der Waals surface area contributed by atoms with Gasteiger partial charge >= 0.3 is 0 Å². The highest BCUT2D eigenvalue weighted by atomic mass is 28.1. The average Bonchev–Trinajstić information content (AvgIpc) is 1.75. The highest BCUT2D eigenvalue weighted by Gasteiger charge is 1.86. The fourth-order valence-electron chi connectivity index (χ4n) is 0.0589. The predicted molar refractivity (Wildman–Crippen MR) is 22.7 cm³/mol. The van der Waals surface area contributed by atoms with Gasteiger partial charge in [0.05, 0.1) is 0 Å². The third kappa shape index (κ3) is 0.156. The molecule has 0 atom stereocenters. The molecule has 0 nitrogen and oxygen atoms in total. The van der Waals surface area contributed by atoms with Crippen LogP contribution in [0.2, 0.25) is 0 Å². The maximum Gasteiger partial charge on any atom is -0.0139 e. The summed E-state index contributed by atoms with van der Waals surface area (Å²) in [6.45, 7) is 0. The van der Waals surface area contributed by atoms with Gasteiger partial charge in [0.2, 0.25) is 0 Å². The molecule has 20 valence electrons. The van der Waals surface area contributed by atoms with E-state index in [2.05, 4.69) is 12.2 Å². The van der Waals surface area contributed by atoms with Gasteiger partial charge in [0.1, 0.15) is 0 Å². The van der Waals surface area contributed by atoms with Crippen LogP contribution in [0.4, 0.5) is 0 Å². The average molecular weight is 68.2 g/mol. The highest BCUT2D eigenvalue weighted by Crippen LogP contribution is 1.89. The normalized spacial score (nSPS) is 17.5. The van der Waals surface area contributed by atoms with E-state index in [1.807, 2.05) is 9.85 Å². The van der Waals surface area contributed by atoms with Crippen molar-refractivity contribution in [3.63, 3.8) is 0 Å². The van der Waals surface area contributed by atoms with Crippen molar-refractivity contribution in [2.45, 2.75) is 0 Å². The summed E-state index contributed by atoms with van der Waals surface area (Å²) in [5.74, 6) is 0. The fraction of sp³-hybridized carbons (Fsp3) is 0. The van der Waals surface area contributed by atoms with Crippen molar-refractivity contribution in [1.82, 2.24) is 0 Å². The van der Waals surface area contributed by atoms with Gasteiger partial charge < -0.3 is 0 Å². The zero-order valence-electron chi connectivity index (χ0n) is 2.36. The highest BCUT2D eigenvalue weighted by molar-refractivity contribution is 6.52. The number of allylic oxidation sites excluding steroid dienone is 2. The summed E-state index contributed by atoms with van der Waals surface area (Å²) in [6.07, 6.45) is 4.19. The molecular formula is C3H4Si. The van der Waals surface area contributed by atoms with Crippen LogP contribution in [-0.4, -0.2) is 15.0 Å². The molecule has 0 saturated heterocycles. The van der Waals surface area contributed by atoms with E-state index in [1.165, 1.54) is 5.17 Å². The lowest BCUT2D eigenvalue weighted by atomic mass is 10.9. The second-order valence-corrected chi connectivity index (χ2v) is 1.72. The van der Waals surface area contributed by atoms with Gasteiger partial charge in [0.15, 0.2) is 0 Å². The van der Waals surface area contributed by atoms with Crippen molar-refractivity contribution in [2.75, 3.05) is 0 Å². The predicted octanol–water partition coefficient (Wildman–Crippen LogP) is -0.638. The fourth-order valence-corrected chi connectivity index (χ4v) is 0.177. The summed E-state index contributed by atoms with van der Waals surface area (Å²) in [4.78, 5) is 0. The summed E-state index contributed by atoms with van der Waals surface area (Å²) >= 11 is 0. The largest absolute Gasteiger partial charge is 0.0602 e. The molecule has 0 saturated carbocycles. The lowest BCUT2D eigenvalue weighted by molar-refractivity contribution is 2.81. The van der Waals surface area contributed by atoms with Crippen LogP contribution < -0.4 is 0 Å². The molecule has 0 radical (unpaired) electrons. The summed E-state index contributed by atoms with van der Waals surface area (Å²) in [5, 5.41) is 1.44. The zero-order valence-corrected chi connectivity index (χ0v) is 3.78. The van der Waals surface area contributed by atoms with Crippen molar-refractivity contribution in [3.8, 4) is 0 Å². The Morgan fingerprint density at radius 1 is 1.50 bits per heavy atom. The smallest absolute Gasteiger partial charge is 0.0139 e. The van der Waals surface area contributed by atoms with E-state index in [0.717, 1.165) is 0 Å². The standard InChI is InChI=1S/C3H4Si/c4-3-1-2-3/h1-2H,4H2. The summed E-state index contributed by atoms with van der Waals surface area (Å²) < 4.78 is 0. The topological polar surface area (TPSA) is 0 Å². The van der Waals surface area contributed by atoms with Crippen molar-refractivity contribution in [1.29, 1.82) is 0 Å². The van der Waals surface area contributed by atoms with Crippen LogP contribution in [0.3, 0.4) is 0 Å². The molecule has 0 aromatic heterocycles. The number of rotatable bonds is 0. The van der Waals surface area contributed by atoms with Crippen molar-refractivity contribution < 1.29 is 0 Å². The van der Waals surface area contributed by atoms with Gasteiger partial charge in [-0.2, -0.15) is 0 Å². The molecule has 0 aliphatic heterocycles. The molecule has 0 heterocycles. The Morgan fingerprint density at radius 2 is 1.75 bits per heavy atom. The van der Waals surface area contributed by atoms with Gasteiger partial charge in [-0.15, -0.1) is 0 Å². The molecule has 1 aliphatic rings. The molecule has 0 bridgehead atoms. The Hall–Kier alpha value is -0.173. The van der Waals surface area contributed by atoms with Gasteiger partial charge in [0, 0.05) is 0 Å². The summed E-state index contributed by atoms with van der Waals surface area (Å²) in [5.41, 5.74) is 0. The van der Waals surface area contributed by atoms with Crippen LogP contribution in [0.25, 0.3) is 0 Å². The maximum absolute atomic E-state index is 2.10. The minimum atomic E-state index is 1.44. The van der Waals surface area contributed by atoms with Crippen LogP contribution in [0.5, 0.6) is 0 Å². The third-order valence-electron chi connectivity index (χ3n) is 0.402. The second-order valence-electron chi connectivity index (χ2n) is 0.908. The monoisotopic (exact) mass is 68.0 g/mol. The van der Waals surface area contributed by atoms with Crippen LogP contribution in [-0.2, 0) is 0 Å². The van der Waals surface area contributed by atoms with Crippen molar-refractivity contribution >= 4 is 15.0 Å². The van der Waals surface area contributed by atoms with E-state index in [9.17, 15) is 0 Å². The third-order valence-corrected chi connectivity index (χ3v) is 0.874. The van der Waals surface area contributed by atoms with Crippen LogP contribution in [0, 0.1) is 0 Å². The zero-order chi connectivity index (χ0) is 2.99. The van der Waals surface area contributed by atoms with E-state index in [4.69, 9.17) is 0 Å².